The van der Waals surface area contributed by atoms with Crippen LogP contribution in [0.1, 0.15) is 36.8 Å². The molecule has 144 valence electrons. The number of carbonyl (C=O) groups excluding carboxylic acids is 1. The second kappa shape index (κ2) is 7.40. The van der Waals surface area contributed by atoms with Crippen molar-refractivity contribution in [2.24, 2.45) is 11.8 Å². The van der Waals surface area contributed by atoms with Crippen molar-refractivity contribution >= 4 is 33.6 Å². The monoisotopic (exact) mass is 441 g/mol. The van der Waals surface area contributed by atoms with Crippen LogP contribution in [0.4, 0.5) is 11.8 Å². The second-order valence-electron chi connectivity index (χ2n) is 7.45. The van der Waals surface area contributed by atoms with Gasteiger partial charge in [-0.2, -0.15) is 10.2 Å². The fourth-order valence-corrected chi connectivity index (χ4v) is 4.35. The van der Waals surface area contributed by atoms with E-state index in [4.69, 9.17) is 0 Å². The van der Waals surface area contributed by atoms with Crippen LogP contribution in [-0.2, 0) is 4.79 Å². The van der Waals surface area contributed by atoms with Crippen molar-refractivity contribution < 1.29 is 4.79 Å². The number of carbonyl (C=O) groups is 1. The van der Waals surface area contributed by atoms with Gasteiger partial charge in [-0.15, -0.1) is 0 Å². The molecule has 1 aromatic heterocycles. The predicted molar refractivity (Wildman–Crippen MR) is 109 cm³/mol. The standard InChI is InChI=1S/C20H20BrN5O2/c1-11-5-7-26(8-6-11)20-24-17-16(19(28)25-20)15(14(10-22)18(27)23-17)12-3-2-4-13(21)9-12/h2-4,9,11,14-15H,5-8H2,1H3,(H2,23,24,25,27,28). The number of nitrogens with one attached hydrogen (secondary N) is 2. The van der Waals surface area contributed by atoms with E-state index < -0.39 is 17.7 Å². The van der Waals surface area contributed by atoms with Crippen LogP contribution in [0.5, 0.6) is 0 Å². The minimum absolute atomic E-state index is 0.249. The summed E-state index contributed by atoms with van der Waals surface area (Å²) in [5.74, 6) is -0.726. The molecule has 3 heterocycles. The number of halogens is 1. The lowest BCUT2D eigenvalue weighted by Crippen LogP contribution is -2.40. The van der Waals surface area contributed by atoms with Gasteiger partial charge in [0.25, 0.3) is 5.56 Å². The number of aromatic nitrogens is 2. The Morgan fingerprint density at radius 1 is 1.29 bits per heavy atom. The Labute approximate surface area is 170 Å². The summed E-state index contributed by atoms with van der Waals surface area (Å²) in [6.07, 6.45) is 2.06. The lowest BCUT2D eigenvalue weighted by atomic mass is 9.79. The number of rotatable bonds is 2. The maximum Gasteiger partial charge on any atom is 0.258 e. The molecule has 28 heavy (non-hydrogen) atoms. The van der Waals surface area contributed by atoms with E-state index >= 15 is 0 Å². The van der Waals surface area contributed by atoms with Crippen LogP contribution in [0.25, 0.3) is 0 Å². The molecule has 2 aromatic rings. The molecule has 2 N–H and O–H groups in total. The molecule has 0 aliphatic carbocycles. The number of aromatic amines is 1. The van der Waals surface area contributed by atoms with Crippen molar-refractivity contribution in [2.45, 2.75) is 25.7 Å². The zero-order valence-electron chi connectivity index (χ0n) is 15.4. The van der Waals surface area contributed by atoms with Gasteiger partial charge in [0.15, 0.2) is 0 Å². The second-order valence-corrected chi connectivity index (χ2v) is 8.37. The van der Waals surface area contributed by atoms with Gasteiger partial charge in [-0.1, -0.05) is 35.0 Å². The summed E-state index contributed by atoms with van der Waals surface area (Å²) >= 11 is 3.42. The van der Waals surface area contributed by atoms with Gasteiger partial charge in [0.05, 0.1) is 11.6 Å². The van der Waals surface area contributed by atoms with Crippen molar-refractivity contribution in [3.63, 3.8) is 0 Å². The van der Waals surface area contributed by atoms with Crippen LogP contribution in [0.2, 0.25) is 0 Å². The third kappa shape index (κ3) is 3.31. The summed E-state index contributed by atoms with van der Waals surface area (Å²) in [4.78, 5) is 35.1. The molecule has 2 atom stereocenters. The van der Waals surface area contributed by atoms with Crippen LogP contribution in [0.3, 0.4) is 0 Å². The molecule has 0 spiro atoms. The van der Waals surface area contributed by atoms with E-state index in [-0.39, 0.29) is 11.4 Å². The molecule has 2 aliphatic heterocycles. The van der Waals surface area contributed by atoms with Crippen LogP contribution in [-0.4, -0.2) is 29.0 Å². The lowest BCUT2D eigenvalue weighted by molar-refractivity contribution is -0.119. The van der Waals surface area contributed by atoms with Gasteiger partial charge in [0.2, 0.25) is 11.9 Å². The van der Waals surface area contributed by atoms with Gasteiger partial charge < -0.3 is 10.2 Å². The number of nitriles is 1. The quantitative estimate of drug-likeness (QED) is 0.745. The van der Waals surface area contributed by atoms with Gasteiger partial charge in [0.1, 0.15) is 11.7 Å². The number of fused-ring (bicyclic) bond motifs is 1. The number of nitrogens with zero attached hydrogens (tertiary/aromatic N) is 3. The fraction of sp³-hybridized carbons (Fsp3) is 0.400. The summed E-state index contributed by atoms with van der Waals surface area (Å²) < 4.78 is 0.817. The van der Waals surface area contributed by atoms with Gasteiger partial charge in [-0.25, -0.2) is 0 Å². The molecular weight excluding hydrogens is 422 g/mol. The molecule has 0 radical (unpaired) electrons. The number of anilines is 2. The molecule has 1 aromatic carbocycles. The maximum atomic E-state index is 13.0. The maximum absolute atomic E-state index is 13.0. The zero-order chi connectivity index (χ0) is 19.8. The van der Waals surface area contributed by atoms with E-state index in [1.54, 1.807) is 0 Å². The van der Waals surface area contributed by atoms with Gasteiger partial charge >= 0.3 is 0 Å². The van der Waals surface area contributed by atoms with Crippen LogP contribution in [0, 0.1) is 23.2 Å². The van der Waals surface area contributed by atoms with E-state index in [0.717, 1.165) is 36.0 Å². The van der Waals surface area contributed by atoms with Crippen molar-refractivity contribution in [1.82, 2.24) is 9.97 Å². The lowest BCUT2D eigenvalue weighted by Gasteiger charge is -2.33. The van der Waals surface area contributed by atoms with Gasteiger partial charge in [-0.3, -0.25) is 14.6 Å². The molecule has 4 rings (SSSR count). The average molecular weight is 442 g/mol. The number of hydrogen-bond acceptors (Lipinski definition) is 5. The van der Waals surface area contributed by atoms with E-state index in [2.05, 4.69) is 44.2 Å². The fourth-order valence-electron chi connectivity index (χ4n) is 3.93. The number of piperidine rings is 1. The van der Waals surface area contributed by atoms with Crippen molar-refractivity contribution in [3.05, 3.63) is 50.2 Å². The molecule has 8 heteroatoms. The highest BCUT2D eigenvalue weighted by Gasteiger charge is 2.40. The smallest absolute Gasteiger partial charge is 0.258 e. The largest absolute Gasteiger partial charge is 0.342 e. The average Bonchev–Trinajstić information content (AvgIpc) is 2.67. The first kappa shape index (κ1) is 18.7. The van der Waals surface area contributed by atoms with Gasteiger partial charge in [-0.05, 0) is 36.5 Å². The Morgan fingerprint density at radius 2 is 2.04 bits per heavy atom. The first-order valence-corrected chi connectivity index (χ1v) is 10.1. The molecule has 7 nitrogen and oxygen atoms in total. The highest BCUT2D eigenvalue weighted by Crippen LogP contribution is 2.39. The Kier molecular flexibility index (Phi) is 4.94. The Balaban J connectivity index is 1.81. The minimum Gasteiger partial charge on any atom is -0.342 e. The minimum atomic E-state index is -0.994. The van der Waals surface area contributed by atoms with Crippen molar-refractivity contribution in [3.8, 4) is 6.07 Å². The van der Waals surface area contributed by atoms with Crippen LogP contribution < -0.4 is 15.8 Å². The number of benzene rings is 1. The van der Waals surface area contributed by atoms with Crippen LogP contribution >= 0.6 is 15.9 Å². The number of H-pyrrole nitrogens is 1. The predicted octanol–water partition coefficient (Wildman–Crippen LogP) is 2.99. The molecule has 0 saturated carbocycles. The molecule has 1 saturated heterocycles. The summed E-state index contributed by atoms with van der Waals surface area (Å²) in [6, 6.07) is 9.39. The summed E-state index contributed by atoms with van der Waals surface area (Å²) in [7, 11) is 0. The highest BCUT2D eigenvalue weighted by atomic mass is 79.9. The SMILES string of the molecule is CC1CCN(c2nc3c(c(=O)[nH]2)C(c2cccc(Br)c2)C(C#N)C(=O)N3)CC1. The highest BCUT2D eigenvalue weighted by molar-refractivity contribution is 9.10. The molecule has 1 fully saturated rings. The molecular formula is C20H20BrN5O2. The molecule has 0 bridgehead atoms. The van der Waals surface area contributed by atoms with Crippen molar-refractivity contribution in [1.29, 1.82) is 5.26 Å². The van der Waals surface area contributed by atoms with E-state index in [1.807, 2.05) is 29.2 Å². The Morgan fingerprint density at radius 3 is 2.71 bits per heavy atom. The Bertz CT molecular complexity index is 1020. The van der Waals surface area contributed by atoms with Gasteiger partial charge in [0, 0.05) is 23.5 Å². The molecule has 1 amide bonds. The summed E-state index contributed by atoms with van der Waals surface area (Å²) in [5, 5.41) is 12.3. The topological polar surface area (TPSA) is 102 Å². The number of hydrogen-bond donors (Lipinski definition) is 2. The summed E-state index contributed by atoms with van der Waals surface area (Å²) in [6.45, 7) is 3.84. The van der Waals surface area contributed by atoms with E-state index in [9.17, 15) is 14.9 Å². The third-order valence-electron chi connectivity index (χ3n) is 5.54. The normalized spacial score (nSPS) is 22.3. The summed E-state index contributed by atoms with van der Waals surface area (Å²) in [5.41, 5.74) is 0.742. The first-order chi connectivity index (χ1) is 13.5. The zero-order valence-corrected chi connectivity index (χ0v) is 17.0. The molecule has 2 unspecified atom stereocenters. The first-order valence-electron chi connectivity index (χ1n) is 9.33. The Hall–Kier alpha value is -2.66. The number of amides is 1. The van der Waals surface area contributed by atoms with Crippen LogP contribution in [0.15, 0.2) is 33.5 Å². The van der Waals surface area contributed by atoms with E-state index in [0.29, 0.717) is 17.4 Å². The van der Waals surface area contributed by atoms with Crippen molar-refractivity contribution in [2.75, 3.05) is 23.3 Å². The molecule has 2 aliphatic rings. The third-order valence-corrected chi connectivity index (χ3v) is 6.03. The van der Waals surface area contributed by atoms with E-state index in [1.165, 1.54) is 0 Å².